The van der Waals surface area contributed by atoms with Gasteiger partial charge in [-0.25, -0.2) is 0 Å². The fourth-order valence-electron chi connectivity index (χ4n) is 4.93. The van der Waals surface area contributed by atoms with E-state index in [-0.39, 0.29) is 35.7 Å². The molecule has 3 amide bonds. The van der Waals surface area contributed by atoms with Crippen molar-refractivity contribution in [2.24, 2.45) is 11.8 Å². The van der Waals surface area contributed by atoms with Gasteiger partial charge in [0.15, 0.2) is 0 Å². The van der Waals surface area contributed by atoms with Crippen LogP contribution < -0.4 is 10.6 Å². The van der Waals surface area contributed by atoms with Crippen LogP contribution in [0.1, 0.15) is 32.6 Å². The zero-order valence-electron chi connectivity index (χ0n) is 15.7. The Morgan fingerprint density at radius 2 is 2.11 bits per heavy atom. The number of nitrogens with one attached hydrogen (secondary N) is 2. The summed E-state index contributed by atoms with van der Waals surface area (Å²) < 4.78 is 6.23. The minimum absolute atomic E-state index is 0.0472. The molecule has 3 aliphatic rings. The van der Waals surface area contributed by atoms with Crippen LogP contribution >= 0.6 is 15.9 Å². The van der Waals surface area contributed by atoms with Gasteiger partial charge in [0.25, 0.3) is 0 Å². The molecule has 3 heterocycles. The lowest BCUT2D eigenvalue weighted by Crippen LogP contribution is -2.56. The molecular weight excluding hydrogens is 418 g/mol. The number of amides is 3. The monoisotopic (exact) mass is 445 g/mol. The molecule has 9 heteroatoms. The Morgan fingerprint density at radius 1 is 1.37 bits per heavy atom. The van der Waals surface area contributed by atoms with Crippen LogP contribution in [0, 0.1) is 11.8 Å². The molecule has 3 N–H and O–H groups in total. The van der Waals surface area contributed by atoms with Crippen LogP contribution in [0.15, 0.2) is 0 Å². The van der Waals surface area contributed by atoms with Crippen LogP contribution in [0.4, 0.5) is 0 Å². The molecule has 3 saturated heterocycles. The quantitative estimate of drug-likeness (QED) is 0.353. The van der Waals surface area contributed by atoms with Gasteiger partial charge in [0, 0.05) is 25.0 Å². The Bertz CT molecular complexity index is 618. The van der Waals surface area contributed by atoms with E-state index in [9.17, 15) is 19.5 Å². The zero-order valence-corrected chi connectivity index (χ0v) is 17.3. The molecule has 152 valence electrons. The van der Waals surface area contributed by atoms with Gasteiger partial charge in [-0.1, -0.05) is 35.7 Å². The van der Waals surface area contributed by atoms with E-state index in [1.807, 2.05) is 0 Å². The van der Waals surface area contributed by atoms with Gasteiger partial charge in [-0.05, 0) is 12.8 Å². The summed E-state index contributed by atoms with van der Waals surface area (Å²) >= 11 is 3.58. The zero-order chi connectivity index (χ0) is 19.8. The molecule has 8 nitrogen and oxygen atoms in total. The number of nitrogens with zero attached hydrogens (tertiary/aromatic N) is 1. The van der Waals surface area contributed by atoms with Crippen LogP contribution in [0.5, 0.6) is 0 Å². The van der Waals surface area contributed by atoms with Crippen molar-refractivity contribution in [1.29, 1.82) is 0 Å². The Labute approximate surface area is 167 Å². The first kappa shape index (κ1) is 20.5. The van der Waals surface area contributed by atoms with Crippen molar-refractivity contribution in [1.82, 2.24) is 15.5 Å². The molecule has 3 rings (SSSR count). The molecule has 0 saturated carbocycles. The summed E-state index contributed by atoms with van der Waals surface area (Å²) in [4.78, 5) is 40.0. The summed E-state index contributed by atoms with van der Waals surface area (Å²) in [6.45, 7) is 2.42. The summed E-state index contributed by atoms with van der Waals surface area (Å²) in [5.74, 6) is -2.15. The first-order chi connectivity index (χ1) is 12.9. The first-order valence-electron chi connectivity index (χ1n) is 9.65. The predicted octanol–water partition coefficient (Wildman–Crippen LogP) is -0.221. The molecule has 1 spiro atoms. The van der Waals surface area contributed by atoms with E-state index in [1.165, 1.54) is 11.9 Å². The van der Waals surface area contributed by atoms with Crippen molar-refractivity contribution in [2.45, 2.75) is 55.2 Å². The number of carbonyl (C=O) groups is 3. The lowest BCUT2D eigenvalue weighted by molar-refractivity contribution is -0.142. The number of hydrogen-bond donors (Lipinski definition) is 3. The second kappa shape index (κ2) is 8.05. The average Bonchev–Trinajstić information content (AvgIpc) is 3.22. The number of ether oxygens (including phenoxy) is 1. The lowest BCUT2D eigenvalue weighted by atomic mass is 9.70. The van der Waals surface area contributed by atoms with Gasteiger partial charge >= 0.3 is 0 Å². The molecule has 0 aromatic rings. The number of aliphatic hydroxyl groups excluding tert-OH is 1. The number of carbonyl (C=O) groups excluding carboxylic acids is 3. The molecule has 27 heavy (non-hydrogen) atoms. The Kier molecular flexibility index (Phi) is 6.12. The number of aliphatic hydroxyl groups is 1. The smallest absolute Gasteiger partial charge is 0.245 e. The van der Waals surface area contributed by atoms with E-state index >= 15 is 0 Å². The maximum atomic E-state index is 13.1. The van der Waals surface area contributed by atoms with Crippen LogP contribution in [0.25, 0.3) is 0 Å². The Morgan fingerprint density at radius 3 is 2.74 bits per heavy atom. The fraction of sp³-hybridized carbons (Fsp3) is 0.833. The van der Waals surface area contributed by atoms with Crippen LogP contribution in [0.3, 0.4) is 0 Å². The Balaban J connectivity index is 1.90. The number of hydrogen-bond acceptors (Lipinski definition) is 5. The summed E-state index contributed by atoms with van der Waals surface area (Å²) in [5.41, 5.74) is -1.03. The van der Waals surface area contributed by atoms with E-state index in [4.69, 9.17) is 4.74 Å². The van der Waals surface area contributed by atoms with Gasteiger partial charge in [0.2, 0.25) is 17.7 Å². The van der Waals surface area contributed by atoms with Gasteiger partial charge in [0.05, 0.1) is 24.5 Å². The largest absolute Gasteiger partial charge is 0.395 e. The highest BCUT2D eigenvalue weighted by Gasteiger charge is 2.76. The maximum absolute atomic E-state index is 13.1. The number of halogens is 1. The Hall–Kier alpha value is -1.19. The van der Waals surface area contributed by atoms with Crippen LogP contribution in [0.2, 0.25) is 0 Å². The number of likely N-dealkylation sites (tertiary alicyclic amines) is 1. The van der Waals surface area contributed by atoms with E-state index in [1.54, 1.807) is 0 Å². The number of fused-ring (bicyclic) bond motifs is 1. The van der Waals surface area contributed by atoms with Crippen molar-refractivity contribution >= 4 is 33.7 Å². The molecule has 0 aliphatic carbocycles. The van der Waals surface area contributed by atoms with Crippen molar-refractivity contribution in [3.8, 4) is 0 Å². The predicted molar refractivity (Wildman–Crippen MR) is 101 cm³/mol. The molecule has 0 aromatic carbocycles. The SMILES string of the molecule is CCCCCNC(=O)C1N(CCO)C(=O)[C@@H]2[C@@H](C(=O)NC)[C@@H]3OC12CC3Br. The van der Waals surface area contributed by atoms with Gasteiger partial charge in [-0.3, -0.25) is 14.4 Å². The standard InChI is InChI=1S/C18H28BrN3O5/c1-3-4-5-6-21-16(25)14-18-9-10(19)13(27-18)11(15(24)20-2)12(18)17(26)22(14)7-8-23/h10-14,23H,3-9H2,1-2H3,(H,20,24)(H,21,25)/t10?,11-,12+,13-,14?,18?/m1/s1. The maximum Gasteiger partial charge on any atom is 0.245 e. The minimum atomic E-state index is -1.03. The third-order valence-electron chi connectivity index (χ3n) is 6.01. The van der Waals surface area contributed by atoms with E-state index < -0.39 is 29.6 Å². The average molecular weight is 446 g/mol. The highest BCUT2D eigenvalue weighted by atomic mass is 79.9. The van der Waals surface area contributed by atoms with E-state index in [0.717, 1.165) is 19.3 Å². The third-order valence-corrected chi connectivity index (χ3v) is 6.85. The van der Waals surface area contributed by atoms with Gasteiger partial charge in [0.1, 0.15) is 11.6 Å². The number of β-amino-alcohol motifs (C(OH)–C–C–N with tert-alkyl or cyclic N) is 1. The van der Waals surface area contributed by atoms with Crippen molar-refractivity contribution in [3.63, 3.8) is 0 Å². The summed E-state index contributed by atoms with van der Waals surface area (Å²) in [6, 6.07) is -0.830. The highest BCUT2D eigenvalue weighted by molar-refractivity contribution is 9.09. The van der Waals surface area contributed by atoms with Crippen LogP contribution in [-0.4, -0.2) is 77.0 Å². The molecular formula is C18H28BrN3O5. The fourth-order valence-corrected chi connectivity index (χ4v) is 5.87. The van der Waals surface area contributed by atoms with Gasteiger partial charge in [-0.2, -0.15) is 0 Å². The lowest BCUT2D eigenvalue weighted by Gasteiger charge is -2.33. The van der Waals surface area contributed by atoms with E-state index in [2.05, 4.69) is 33.5 Å². The highest BCUT2D eigenvalue weighted by Crippen LogP contribution is 2.59. The topological polar surface area (TPSA) is 108 Å². The van der Waals surface area contributed by atoms with Crippen LogP contribution in [-0.2, 0) is 19.1 Å². The summed E-state index contributed by atoms with van der Waals surface area (Å²) in [6.07, 6.45) is 2.97. The molecule has 0 aromatic heterocycles. The first-order valence-corrected chi connectivity index (χ1v) is 10.6. The number of rotatable bonds is 8. The van der Waals surface area contributed by atoms with Crippen molar-refractivity contribution in [3.05, 3.63) is 0 Å². The van der Waals surface area contributed by atoms with Gasteiger partial charge in [-0.15, -0.1) is 0 Å². The van der Waals surface area contributed by atoms with Gasteiger partial charge < -0.3 is 25.4 Å². The molecule has 3 unspecified atom stereocenters. The molecule has 6 atom stereocenters. The molecule has 3 aliphatic heterocycles. The van der Waals surface area contributed by atoms with Crippen molar-refractivity contribution in [2.75, 3.05) is 26.7 Å². The number of alkyl halides is 1. The normalized spacial score (nSPS) is 36.8. The minimum Gasteiger partial charge on any atom is -0.395 e. The second-order valence-electron chi connectivity index (χ2n) is 7.53. The summed E-state index contributed by atoms with van der Waals surface area (Å²) in [7, 11) is 1.53. The number of unbranched alkanes of at least 4 members (excludes halogenated alkanes) is 2. The van der Waals surface area contributed by atoms with E-state index in [0.29, 0.717) is 13.0 Å². The second-order valence-corrected chi connectivity index (χ2v) is 8.71. The molecule has 0 radical (unpaired) electrons. The third kappa shape index (κ3) is 3.17. The molecule has 3 fully saturated rings. The molecule has 2 bridgehead atoms. The van der Waals surface area contributed by atoms with Crippen molar-refractivity contribution < 1.29 is 24.2 Å². The summed E-state index contributed by atoms with van der Waals surface area (Å²) in [5, 5.41) is 15.0.